The minimum Gasteiger partial charge on any atom is -0.492 e. The van der Waals surface area contributed by atoms with Gasteiger partial charge >= 0.3 is 0 Å². The van der Waals surface area contributed by atoms with Crippen LogP contribution in [0.2, 0.25) is 0 Å². The summed E-state index contributed by atoms with van der Waals surface area (Å²) in [4.78, 5) is 12.3. The molecule has 19 heavy (non-hydrogen) atoms. The molecule has 0 spiro atoms. The summed E-state index contributed by atoms with van der Waals surface area (Å²) in [5, 5.41) is 10.5. The van der Waals surface area contributed by atoms with Gasteiger partial charge in [0.15, 0.2) is 0 Å². The quantitative estimate of drug-likeness (QED) is 0.599. The topological polar surface area (TPSA) is 64.8 Å². The number of hydrogen-bond acceptors (Lipinski definition) is 5. The molecule has 0 amide bonds. The second kappa shape index (κ2) is 5.99. The monoisotopic (exact) mass is 266 g/mol. The third kappa shape index (κ3) is 3.42. The third-order valence-corrected chi connectivity index (χ3v) is 3.47. The van der Waals surface area contributed by atoms with Crippen LogP contribution < -0.4 is 4.74 Å². The molecule has 2 atom stereocenters. The van der Waals surface area contributed by atoms with Crippen LogP contribution in [-0.2, 0) is 4.74 Å². The summed E-state index contributed by atoms with van der Waals surface area (Å²) >= 11 is 0. The van der Waals surface area contributed by atoms with Crippen LogP contribution in [0.1, 0.15) is 6.42 Å². The van der Waals surface area contributed by atoms with E-state index < -0.39 is 4.92 Å². The second-order valence-electron chi connectivity index (χ2n) is 4.75. The van der Waals surface area contributed by atoms with Gasteiger partial charge in [0.25, 0.3) is 5.69 Å². The number of nitro groups is 1. The highest BCUT2D eigenvalue weighted by Crippen LogP contribution is 2.21. The minimum absolute atomic E-state index is 0.0739. The lowest BCUT2D eigenvalue weighted by Crippen LogP contribution is -2.30. The zero-order valence-corrected chi connectivity index (χ0v) is 11.1. The van der Waals surface area contributed by atoms with Gasteiger partial charge in [-0.1, -0.05) is 0 Å². The lowest BCUT2D eigenvalue weighted by atomic mass is 10.2. The van der Waals surface area contributed by atoms with Crippen LogP contribution in [0, 0.1) is 10.1 Å². The zero-order valence-electron chi connectivity index (χ0n) is 11.1. The lowest BCUT2D eigenvalue weighted by Gasteiger charge is -2.19. The molecule has 1 heterocycles. The van der Waals surface area contributed by atoms with Gasteiger partial charge in [0, 0.05) is 31.8 Å². The first-order valence-electron chi connectivity index (χ1n) is 6.20. The molecule has 1 aliphatic rings. The van der Waals surface area contributed by atoms with Crippen molar-refractivity contribution in [2.45, 2.75) is 18.6 Å². The van der Waals surface area contributed by atoms with Crippen LogP contribution in [-0.4, -0.2) is 49.3 Å². The summed E-state index contributed by atoms with van der Waals surface area (Å²) in [6.45, 7) is 1.47. The average Bonchev–Trinajstić information content (AvgIpc) is 2.77. The molecule has 0 aromatic heterocycles. The fourth-order valence-corrected chi connectivity index (χ4v) is 2.25. The van der Waals surface area contributed by atoms with Gasteiger partial charge in [-0.15, -0.1) is 0 Å². The first kappa shape index (κ1) is 13.8. The van der Waals surface area contributed by atoms with Crippen LogP contribution in [0.3, 0.4) is 0 Å². The van der Waals surface area contributed by atoms with Gasteiger partial charge in [-0.2, -0.15) is 0 Å². The number of hydrogen-bond donors (Lipinski definition) is 0. The predicted molar refractivity (Wildman–Crippen MR) is 70.4 cm³/mol. The maximum atomic E-state index is 10.5. The number of methoxy groups -OCH3 is 1. The molecule has 1 aromatic carbocycles. The van der Waals surface area contributed by atoms with E-state index in [-0.39, 0.29) is 11.8 Å². The Hall–Kier alpha value is -1.66. The first-order chi connectivity index (χ1) is 9.10. The largest absolute Gasteiger partial charge is 0.492 e. The number of ether oxygens (including phenoxy) is 2. The molecule has 0 unspecified atom stereocenters. The SMILES string of the molecule is CO[C@@H]1C[C@@H](COc2ccc([N+](=O)[O-])cc2)N(C)C1. The highest BCUT2D eigenvalue weighted by Gasteiger charge is 2.29. The van der Waals surface area contributed by atoms with Crippen molar-refractivity contribution in [2.24, 2.45) is 0 Å². The molecule has 1 aliphatic heterocycles. The molecular weight excluding hydrogens is 248 g/mol. The van der Waals surface area contributed by atoms with Crippen molar-refractivity contribution in [2.75, 3.05) is 27.3 Å². The number of rotatable bonds is 5. The van der Waals surface area contributed by atoms with Gasteiger partial charge in [0.1, 0.15) is 12.4 Å². The van der Waals surface area contributed by atoms with Crippen molar-refractivity contribution < 1.29 is 14.4 Å². The van der Waals surface area contributed by atoms with Crippen LogP contribution in [0.4, 0.5) is 5.69 Å². The number of nitrogens with zero attached hydrogens (tertiary/aromatic N) is 2. The number of nitro benzene ring substituents is 1. The van der Waals surface area contributed by atoms with Crippen LogP contribution in [0.15, 0.2) is 24.3 Å². The van der Waals surface area contributed by atoms with E-state index >= 15 is 0 Å². The Bertz CT molecular complexity index is 435. The van der Waals surface area contributed by atoms with Crippen LogP contribution in [0.25, 0.3) is 0 Å². The van der Waals surface area contributed by atoms with E-state index in [4.69, 9.17) is 9.47 Å². The van der Waals surface area contributed by atoms with E-state index in [0.717, 1.165) is 13.0 Å². The van der Waals surface area contributed by atoms with Crippen molar-refractivity contribution in [1.29, 1.82) is 0 Å². The summed E-state index contributed by atoms with van der Waals surface area (Å²) in [5.74, 6) is 0.653. The molecule has 104 valence electrons. The average molecular weight is 266 g/mol. The standard InChI is InChI=1S/C13H18N2O4/c1-14-8-13(18-2)7-11(14)9-19-12-5-3-10(4-6-12)15(16)17/h3-6,11,13H,7-9H2,1-2H3/t11-,13+/m0/s1. The van der Waals surface area contributed by atoms with Crippen molar-refractivity contribution in [3.05, 3.63) is 34.4 Å². The predicted octanol–water partition coefficient (Wildman–Crippen LogP) is 1.69. The molecule has 0 N–H and O–H groups in total. The van der Waals surface area contributed by atoms with E-state index in [2.05, 4.69) is 4.90 Å². The normalized spacial score (nSPS) is 23.5. The fourth-order valence-electron chi connectivity index (χ4n) is 2.25. The Morgan fingerprint density at radius 1 is 1.42 bits per heavy atom. The lowest BCUT2D eigenvalue weighted by molar-refractivity contribution is -0.384. The van der Waals surface area contributed by atoms with Crippen molar-refractivity contribution in [1.82, 2.24) is 4.90 Å². The van der Waals surface area contributed by atoms with Crippen LogP contribution >= 0.6 is 0 Å². The van der Waals surface area contributed by atoms with Gasteiger partial charge < -0.3 is 9.47 Å². The first-order valence-corrected chi connectivity index (χ1v) is 6.20. The van der Waals surface area contributed by atoms with Crippen molar-refractivity contribution in [3.8, 4) is 5.75 Å². The Morgan fingerprint density at radius 3 is 2.63 bits per heavy atom. The number of non-ortho nitro benzene ring substituents is 1. The van der Waals surface area contributed by atoms with Gasteiger partial charge in [-0.3, -0.25) is 15.0 Å². The molecule has 0 saturated carbocycles. The smallest absolute Gasteiger partial charge is 0.269 e. The molecule has 2 rings (SSSR count). The fraction of sp³-hybridized carbons (Fsp3) is 0.538. The summed E-state index contributed by atoms with van der Waals surface area (Å²) in [5.41, 5.74) is 0.0739. The van der Waals surface area contributed by atoms with Gasteiger partial charge in [0.2, 0.25) is 0 Å². The van der Waals surface area contributed by atoms with E-state index in [0.29, 0.717) is 18.4 Å². The Balaban J connectivity index is 1.87. The van der Waals surface area contributed by atoms with Gasteiger partial charge in [-0.25, -0.2) is 0 Å². The Labute approximate surface area is 112 Å². The molecule has 0 aliphatic carbocycles. The van der Waals surface area contributed by atoms with E-state index in [1.807, 2.05) is 7.05 Å². The van der Waals surface area contributed by atoms with E-state index in [1.54, 1.807) is 19.2 Å². The molecular formula is C13H18N2O4. The highest BCUT2D eigenvalue weighted by atomic mass is 16.6. The van der Waals surface area contributed by atoms with Gasteiger partial charge in [0.05, 0.1) is 11.0 Å². The molecule has 1 fully saturated rings. The molecule has 6 nitrogen and oxygen atoms in total. The van der Waals surface area contributed by atoms with Gasteiger partial charge in [-0.05, 0) is 25.6 Å². The number of likely N-dealkylation sites (N-methyl/N-ethyl adjacent to an activating group) is 1. The molecule has 1 saturated heterocycles. The summed E-state index contributed by atoms with van der Waals surface area (Å²) < 4.78 is 11.0. The minimum atomic E-state index is -0.419. The summed E-state index contributed by atoms with van der Waals surface area (Å²) in [6, 6.07) is 6.47. The van der Waals surface area contributed by atoms with Crippen molar-refractivity contribution >= 4 is 5.69 Å². The number of benzene rings is 1. The molecule has 1 aromatic rings. The maximum Gasteiger partial charge on any atom is 0.269 e. The molecule has 6 heteroatoms. The molecule has 0 radical (unpaired) electrons. The van der Waals surface area contributed by atoms with E-state index in [9.17, 15) is 10.1 Å². The molecule has 0 bridgehead atoms. The van der Waals surface area contributed by atoms with Crippen LogP contribution in [0.5, 0.6) is 5.75 Å². The van der Waals surface area contributed by atoms with Crippen molar-refractivity contribution in [3.63, 3.8) is 0 Å². The highest BCUT2D eigenvalue weighted by molar-refractivity contribution is 5.35. The second-order valence-corrected chi connectivity index (χ2v) is 4.75. The third-order valence-electron chi connectivity index (χ3n) is 3.47. The zero-order chi connectivity index (χ0) is 13.8. The van der Waals surface area contributed by atoms with E-state index in [1.165, 1.54) is 12.1 Å². The Kier molecular flexibility index (Phi) is 4.34. The summed E-state index contributed by atoms with van der Waals surface area (Å²) in [6.07, 6.45) is 1.20. The maximum absolute atomic E-state index is 10.5. The summed E-state index contributed by atoms with van der Waals surface area (Å²) in [7, 11) is 3.76. The Morgan fingerprint density at radius 2 is 2.11 bits per heavy atom. The number of likely N-dealkylation sites (tertiary alicyclic amines) is 1.